The molecule has 1 atom stereocenters. The van der Waals surface area contributed by atoms with Gasteiger partial charge in [0.05, 0.1) is 0 Å². The van der Waals surface area contributed by atoms with Crippen LogP contribution >= 0.6 is 0 Å². The third kappa shape index (κ3) is 4.73. The number of aliphatic hydroxyl groups is 1. The van der Waals surface area contributed by atoms with Gasteiger partial charge in [-0.25, -0.2) is 0 Å². The average Bonchev–Trinajstić information content (AvgIpc) is 2.61. The van der Waals surface area contributed by atoms with Crippen molar-refractivity contribution < 1.29 is 9.84 Å². The molecule has 3 rings (SSSR count). The van der Waals surface area contributed by atoms with Gasteiger partial charge in [0.15, 0.2) is 0 Å². The molecule has 4 heteroatoms. The van der Waals surface area contributed by atoms with Crippen molar-refractivity contribution in [3.63, 3.8) is 0 Å². The van der Waals surface area contributed by atoms with Gasteiger partial charge in [-0.3, -0.25) is 0 Å². The van der Waals surface area contributed by atoms with Gasteiger partial charge >= 0.3 is 0 Å². The molecule has 0 saturated carbocycles. The number of β-amino-alcohol motifs (C(OH)–C–C–N with tert-alkyl or cyclic N) is 1. The SMILES string of the molecule is Nc1cccc(OCC(O)CN2CCC(c3ccccc3)CC2)c1. The topological polar surface area (TPSA) is 58.7 Å². The molecule has 0 amide bonds. The molecule has 2 aromatic rings. The van der Waals surface area contributed by atoms with Crippen molar-refractivity contribution >= 4 is 5.69 Å². The monoisotopic (exact) mass is 326 g/mol. The summed E-state index contributed by atoms with van der Waals surface area (Å²) in [5, 5.41) is 10.2. The van der Waals surface area contributed by atoms with Crippen LogP contribution in [0.3, 0.4) is 0 Å². The standard InChI is InChI=1S/C20H26N2O2/c21-18-7-4-8-20(13-18)24-15-19(23)14-22-11-9-17(10-12-22)16-5-2-1-3-6-16/h1-8,13,17,19,23H,9-12,14-15,21H2. The second-order valence-corrected chi connectivity index (χ2v) is 6.52. The van der Waals surface area contributed by atoms with Gasteiger partial charge in [-0.15, -0.1) is 0 Å². The minimum absolute atomic E-state index is 0.294. The molecule has 4 nitrogen and oxygen atoms in total. The number of piperidine rings is 1. The lowest BCUT2D eigenvalue weighted by atomic mass is 9.89. The van der Waals surface area contributed by atoms with Crippen LogP contribution in [0.1, 0.15) is 24.3 Å². The fourth-order valence-electron chi connectivity index (χ4n) is 3.32. The number of likely N-dealkylation sites (tertiary alicyclic amines) is 1. The van der Waals surface area contributed by atoms with Gasteiger partial charge in [0.1, 0.15) is 18.5 Å². The Bertz CT molecular complexity index is 625. The highest BCUT2D eigenvalue weighted by atomic mass is 16.5. The van der Waals surface area contributed by atoms with Crippen LogP contribution in [-0.2, 0) is 0 Å². The van der Waals surface area contributed by atoms with E-state index in [2.05, 4.69) is 35.2 Å². The third-order valence-electron chi connectivity index (χ3n) is 4.63. The van der Waals surface area contributed by atoms with Gasteiger partial charge < -0.3 is 20.5 Å². The van der Waals surface area contributed by atoms with E-state index in [1.807, 2.05) is 18.2 Å². The predicted octanol–water partition coefficient (Wildman–Crippen LogP) is 2.89. The number of nitrogens with two attached hydrogens (primary N) is 1. The Morgan fingerprint density at radius 2 is 1.83 bits per heavy atom. The predicted molar refractivity (Wildman–Crippen MR) is 97.2 cm³/mol. The number of hydrogen-bond acceptors (Lipinski definition) is 4. The van der Waals surface area contributed by atoms with Crippen molar-refractivity contribution in [2.24, 2.45) is 0 Å². The summed E-state index contributed by atoms with van der Waals surface area (Å²) >= 11 is 0. The maximum Gasteiger partial charge on any atom is 0.121 e. The van der Waals surface area contributed by atoms with Gasteiger partial charge in [-0.1, -0.05) is 36.4 Å². The van der Waals surface area contributed by atoms with Crippen LogP contribution in [0.5, 0.6) is 5.75 Å². The number of nitrogen functional groups attached to an aromatic ring is 1. The molecular formula is C20H26N2O2. The lowest BCUT2D eigenvalue weighted by Gasteiger charge is -2.33. The van der Waals surface area contributed by atoms with E-state index < -0.39 is 6.10 Å². The van der Waals surface area contributed by atoms with E-state index in [1.165, 1.54) is 5.56 Å². The van der Waals surface area contributed by atoms with Gasteiger partial charge in [-0.2, -0.15) is 0 Å². The van der Waals surface area contributed by atoms with Crippen molar-refractivity contribution in [1.29, 1.82) is 0 Å². The van der Waals surface area contributed by atoms with Crippen molar-refractivity contribution in [3.05, 3.63) is 60.2 Å². The summed E-state index contributed by atoms with van der Waals surface area (Å²) in [6.07, 6.45) is 1.80. The number of nitrogens with zero attached hydrogens (tertiary/aromatic N) is 1. The van der Waals surface area contributed by atoms with Crippen molar-refractivity contribution in [3.8, 4) is 5.75 Å². The number of rotatable bonds is 6. The molecule has 24 heavy (non-hydrogen) atoms. The van der Waals surface area contributed by atoms with Gasteiger partial charge in [0.25, 0.3) is 0 Å². The van der Waals surface area contributed by atoms with Crippen LogP contribution in [0.2, 0.25) is 0 Å². The highest BCUT2D eigenvalue weighted by Crippen LogP contribution is 2.27. The number of aliphatic hydroxyl groups excluding tert-OH is 1. The zero-order valence-electron chi connectivity index (χ0n) is 14.0. The van der Waals surface area contributed by atoms with Crippen molar-refractivity contribution in [1.82, 2.24) is 4.90 Å². The summed E-state index contributed by atoms with van der Waals surface area (Å²) in [4.78, 5) is 2.33. The second kappa shape index (κ2) is 8.18. The molecule has 1 heterocycles. The van der Waals surface area contributed by atoms with E-state index in [4.69, 9.17) is 10.5 Å². The van der Waals surface area contributed by atoms with Crippen LogP contribution in [-0.4, -0.2) is 42.4 Å². The van der Waals surface area contributed by atoms with Crippen LogP contribution in [0.25, 0.3) is 0 Å². The quantitative estimate of drug-likeness (QED) is 0.802. The summed E-state index contributed by atoms with van der Waals surface area (Å²) in [6.45, 7) is 3.00. The first-order chi connectivity index (χ1) is 11.7. The molecular weight excluding hydrogens is 300 g/mol. The van der Waals surface area contributed by atoms with Crippen molar-refractivity contribution in [2.75, 3.05) is 32.0 Å². The number of hydrogen-bond donors (Lipinski definition) is 2. The van der Waals surface area contributed by atoms with Crippen LogP contribution in [0.15, 0.2) is 54.6 Å². The smallest absolute Gasteiger partial charge is 0.121 e. The Labute approximate surface area is 143 Å². The molecule has 2 aromatic carbocycles. The highest BCUT2D eigenvalue weighted by Gasteiger charge is 2.22. The molecule has 0 radical (unpaired) electrons. The summed E-state index contributed by atoms with van der Waals surface area (Å²) in [5.41, 5.74) is 7.83. The first kappa shape index (κ1) is 16.8. The van der Waals surface area contributed by atoms with E-state index in [1.54, 1.807) is 6.07 Å². The first-order valence-electron chi connectivity index (χ1n) is 8.64. The van der Waals surface area contributed by atoms with E-state index in [9.17, 15) is 5.11 Å². The molecule has 1 aliphatic rings. The van der Waals surface area contributed by atoms with E-state index in [-0.39, 0.29) is 0 Å². The van der Waals surface area contributed by atoms with Crippen LogP contribution in [0, 0.1) is 0 Å². The first-order valence-corrected chi connectivity index (χ1v) is 8.64. The molecule has 1 aliphatic heterocycles. The second-order valence-electron chi connectivity index (χ2n) is 6.52. The number of ether oxygens (including phenoxy) is 1. The minimum atomic E-state index is -0.486. The zero-order chi connectivity index (χ0) is 16.8. The maximum absolute atomic E-state index is 10.2. The molecule has 0 bridgehead atoms. The third-order valence-corrected chi connectivity index (χ3v) is 4.63. The molecule has 3 N–H and O–H groups in total. The summed E-state index contributed by atoms with van der Waals surface area (Å²) < 4.78 is 5.62. The molecule has 0 aromatic heterocycles. The molecule has 1 unspecified atom stereocenters. The Morgan fingerprint density at radius 3 is 2.54 bits per heavy atom. The molecule has 1 saturated heterocycles. The lowest BCUT2D eigenvalue weighted by Crippen LogP contribution is -2.40. The Hall–Kier alpha value is -2.04. The summed E-state index contributed by atoms with van der Waals surface area (Å²) in [6, 6.07) is 18.0. The Morgan fingerprint density at radius 1 is 1.08 bits per heavy atom. The van der Waals surface area contributed by atoms with Crippen LogP contribution < -0.4 is 10.5 Å². The van der Waals surface area contributed by atoms with Gasteiger partial charge in [0, 0.05) is 18.3 Å². The zero-order valence-corrected chi connectivity index (χ0v) is 14.0. The molecule has 1 fully saturated rings. The summed E-state index contributed by atoms with van der Waals surface area (Å²) in [7, 11) is 0. The van der Waals surface area contributed by atoms with Gasteiger partial charge in [0.2, 0.25) is 0 Å². The lowest BCUT2D eigenvalue weighted by molar-refractivity contribution is 0.0594. The van der Waals surface area contributed by atoms with E-state index in [0.717, 1.165) is 25.9 Å². The van der Waals surface area contributed by atoms with E-state index >= 15 is 0 Å². The van der Waals surface area contributed by atoms with Gasteiger partial charge in [-0.05, 0) is 49.5 Å². The largest absolute Gasteiger partial charge is 0.491 e. The summed E-state index contributed by atoms with van der Waals surface area (Å²) in [5.74, 6) is 1.35. The van der Waals surface area contributed by atoms with Crippen molar-refractivity contribution in [2.45, 2.75) is 24.9 Å². The maximum atomic E-state index is 10.2. The average molecular weight is 326 g/mol. The minimum Gasteiger partial charge on any atom is -0.491 e. The highest BCUT2D eigenvalue weighted by molar-refractivity contribution is 5.43. The molecule has 128 valence electrons. The van der Waals surface area contributed by atoms with Crippen LogP contribution in [0.4, 0.5) is 5.69 Å². The molecule has 0 spiro atoms. The molecule has 0 aliphatic carbocycles. The number of benzene rings is 2. The number of anilines is 1. The fraction of sp³-hybridized carbons (Fsp3) is 0.400. The van der Waals surface area contributed by atoms with E-state index in [0.29, 0.717) is 30.5 Å². The Balaban J connectivity index is 1.41. The Kier molecular flexibility index (Phi) is 5.72. The normalized spacial score (nSPS) is 17.5. The fourth-order valence-corrected chi connectivity index (χ4v) is 3.32.